The zero-order valence-corrected chi connectivity index (χ0v) is 16.1. The molecule has 0 bridgehead atoms. The van der Waals surface area contributed by atoms with E-state index in [-0.39, 0.29) is 17.4 Å². The smallest absolute Gasteiger partial charge is 0.275 e. The Balaban J connectivity index is 1.60. The lowest BCUT2D eigenvalue weighted by Gasteiger charge is -2.06. The van der Waals surface area contributed by atoms with E-state index in [0.29, 0.717) is 21.4 Å². The lowest BCUT2D eigenvalue weighted by molar-refractivity contribution is 0.102. The van der Waals surface area contributed by atoms with Gasteiger partial charge in [-0.25, -0.2) is 4.98 Å². The van der Waals surface area contributed by atoms with Gasteiger partial charge < -0.3 is 5.11 Å². The summed E-state index contributed by atoms with van der Waals surface area (Å²) in [5, 5.41) is 21.0. The van der Waals surface area contributed by atoms with Gasteiger partial charge in [0, 0.05) is 10.6 Å². The van der Waals surface area contributed by atoms with Crippen LogP contribution in [0.1, 0.15) is 21.6 Å². The average molecular weight is 399 g/mol. The molecular weight excluding hydrogens is 384 g/mol. The largest absolute Gasteiger partial charge is 0.507 e. The van der Waals surface area contributed by atoms with Crippen LogP contribution in [0.15, 0.2) is 36.4 Å². The predicted octanol–water partition coefficient (Wildman–Crippen LogP) is 4.91. The number of halogens is 1. The van der Waals surface area contributed by atoms with E-state index in [2.05, 4.69) is 20.5 Å². The number of fused-ring (bicyclic) bond motifs is 1. The van der Waals surface area contributed by atoms with Gasteiger partial charge in [0.25, 0.3) is 5.91 Å². The van der Waals surface area contributed by atoms with Gasteiger partial charge in [0.2, 0.25) is 0 Å². The number of aromatic nitrogens is 3. The Morgan fingerprint density at radius 3 is 2.81 bits per heavy atom. The molecule has 0 saturated heterocycles. The molecule has 0 aliphatic rings. The Labute approximate surface area is 163 Å². The van der Waals surface area contributed by atoms with E-state index in [9.17, 15) is 9.90 Å². The van der Waals surface area contributed by atoms with Crippen molar-refractivity contribution in [3.8, 4) is 17.0 Å². The second kappa shape index (κ2) is 6.68. The van der Waals surface area contributed by atoms with Crippen molar-refractivity contribution >= 4 is 44.2 Å². The summed E-state index contributed by atoms with van der Waals surface area (Å²) in [4.78, 5) is 16.9. The van der Waals surface area contributed by atoms with E-state index in [0.717, 1.165) is 21.3 Å². The highest BCUT2D eigenvalue weighted by molar-refractivity contribution is 7.22. The van der Waals surface area contributed by atoms with Crippen LogP contribution < -0.4 is 5.32 Å². The van der Waals surface area contributed by atoms with Gasteiger partial charge in [0.15, 0.2) is 5.13 Å². The minimum Gasteiger partial charge on any atom is -0.507 e. The number of aromatic amines is 1. The van der Waals surface area contributed by atoms with Gasteiger partial charge in [-0.2, -0.15) is 5.10 Å². The first-order chi connectivity index (χ1) is 12.9. The highest BCUT2D eigenvalue weighted by Gasteiger charge is 2.17. The monoisotopic (exact) mass is 398 g/mol. The number of rotatable bonds is 3. The Morgan fingerprint density at radius 2 is 2.04 bits per heavy atom. The molecule has 0 atom stereocenters. The molecule has 136 valence electrons. The van der Waals surface area contributed by atoms with Gasteiger partial charge in [-0.1, -0.05) is 29.0 Å². The maximum Gasteiger partial charge on any atom is 0.275 e. The lowest BCUT2D eigenvalue weighted by atomic mass is 10.0. The summed E-state index contributed by atoms with van der Waals surface area (Å²) in [5.74, 6) is -0.225. The standard InChI is InChI=1S/C19H15ClN4O2S/c1-9-5-10(2)17(15(25)6-9)13-8-14(24-23-13)18(26)22-19-21-12-4-3-11(20)7-16(12)27-19/h3-8,25H,1-2H3,(H,23,24)(H,21,22,26). The number of H-pyrrole nitrogens is 1. The molecule has 0 spiro atoms. The van der Waals surface area contributed by atoms with Crippen LogP contribution in [0.2, 0.25) is 5.02 Å². The number of nitrogens with zero attached hydrogens (tertiary/aromatic N) is 2. The van der Waals surface area contributed by atoms with E-state index < -0.39 is 0 Å². The molecule has 0 aliphatic carbocycles. The van der Waals surface area contributed by atoms with Gasteiger partial charge in [-0.15, -0.1) is 0 Å². The van der Waals surface area contributed by atoms with E-state index >= 15 is 0 Å². The molecule has 6 nitrogen and oxygen atoms in total. The third-order valence-electron chi connectivity index (χ3n) is 4.11. The number of aromatic hydroxyl groups is 1. The van der Waals surface area contributed by atoms with Crippen LogP contribution in [0, 0.1) is 13.8 Å². The van der Waals surface area contributed by atoms with Crippen molar-refractivity contribution in [3.63, 3.8) is 0 Å². The average Bonchev–Trinajstić information content (AvgIpc) is 3.20. The summed E-state index contributed by atoms with van der Waals surface area (Å²) < 4.78 is 0.892. The summed E-state index contributed by atoms with van der Waals surface area (Å²) in [7, 11) is 0. The van der Waals surface area contributed by atoms with Crippen LogP contribution in [-0.2, 0) is 0 Å². The second-order valence-corrected chi connectivity index (χ2v) is 7.70. The minimum atomic E-state index is -0.358. The topological polar surface area (TPSA) is 90.9 Å². The van der Waals surface area contributed by atoms with Gasteiger partial charge >= 0.3 is 0 Å². The molecule has 0 unspecified atom stereocenters. The van der Waals surface area contributed by atoms with Gasteiger partial charge in [-0.05, 0) is 55.3 Å². The SMILES string of the molecule is Cc1cc(C)c(-c2cc(C(=O)Nc3nc4ccc(Cl)cc4s3)[nH]n2)c(O)c1. The predicted molar refractivity (Wildman–Crippen MR) is 108 cm³/mol. The van der Waals surface area contributed by atoms with Crippen molar-refractivity contribution in [2.75, 3.05) is 5.32 Å². The van der Waals surface area contributed by atoms with Gasteiger partial charge in [0.1, 0.15) is 11.4 Å². The Hall–Kier alpha value is -2.90. The number of phenolic OH excluding ortho intramolecular Hbond substituents is 1. The minimum absolute atomic E-state index is 0.133. The van der Waals surface area contributed by atoms with E-state index in [1.807, 2.05) is 26.0 Å². The Bertz CT molecular complexity index is 1160. The van der Waals surface area contributed by atoms with E-state index in [1.165, 1.54) is 11.3 Å². The first kappa shape index (κ1) is 17.5. The van der Waals surface area contributed by atoms with Crippen LogP contribution >= 0.6 is 22.9 Å². The number of anilines is 1. The molecule has 3 N–H and O–H groups in total. The Kier molecular flexibility index (Phi) is 4.33. The molecule has 2 aromatic heterocycles. The molecule has 0 saturated carbocycles. The van der Waals surface area contributed by atoms with Crippen LogP contribution in [0.3, 0.4) is 0 Å². The molecule has 0 aliphatic heterocycles. The fourth-order valence-corrected chi connectivity index (χ4v) is 4.10. The van der Waals surface area contributed by atoms with Crippen LogP contribution in [0.25, 0.3) is 21.5 Å². The van der Waals surface area contributed by atoms with Crippen molar-refractivity contribution in [2.45, 2.75) is 13.8 Å². The number of carbonyl (C=O) groups excluding carboxylic acids is 1. The lowest BCUT2D eigenvalue weighted by Crippen LogP contribution is -2.11. The quantitative estimate of drug-likeness (QED) is 0.457. The van der Waals surface area contributed by atoms with Crippen LogP contribution in [0.4, 0.5) is 5.13 Å². The number of nitrogens with one attached hydrogen (secondary N) is 2. The number of hydrogen-bond acceptors (Lipinski definition) is 5. The summed E-state index contributed by atoms with van der Waals surface area (Å²) in [6.07, 6.45) is 0. The fraction of sp³-hybridized carbons (Fsp3) is 0.105. The van der Waals surface area contributed by atoms with Gasteiger partial charge in [0.05, 0.1) is 15.9 Å². The molecule has 2 aromatic carbocycles. The summed E-state index contributed by atoms with van der Waals surface area (Å²) in [6.45, 7) is 3.80. The van der Waals surface area contributed by atoms with Crippen molar-refractivity contribution in [1.29, 1.82) is 0 Å². The normalized spacial score (nSPS) is 11.1. The van der Waals surface area contributed by atoms with E-state index in [4.69, 9.17) is 11.6 Å². The third-order valence-corrected chi connectivity index (χ3v) is 5.28. The first-order valence-corrected chi connectivity index (χ1v) is 9.33. The van der Waals surface area contributed by atoms with Crippen molar-refractivity contribution in [2.24, 2.45) is 0 Å². The number of thiazole rings is 1. The molecule has 1 amide bonds. The van der Waals surface area contributed by atoms with Crippen LogP contribution in [-0.4, -0.2) is 26.2 Å². The highest BCUT2D eigenvalue weighted by Crippen LogP contribution is 2.33. The number of aryl methyl sites for hydroxylation is 2. The molecule has 8 heteroatoms. The molecule has 4 aromatic rings. The van der Waals surface area contributed by atoms with Gasteiger partial charge in [-0.3, -0.25) is 15.2 Å². The first-order valence-electron chi connectivity index (χ1n) is 8.14. The fourth-order valence-electron chi connectivity index (χ4n) is 2.96. The molecule has 4 rings (SSSR count). The molecular formula is C19H15ClN4O2S. The number of amides is 1. The van der Waals surface area contributed by atoms with Crippen LogP contribution in [0.5, 0.6) is 5.75 Å². The number of hydrogen-bond donors (Lipinski definition) is 3. The number of phenols is 1. The van der Waals surface area contributed by atoms with Crippen molar-refractivity contribution in [3.05, 3.63) is 58.2 Å². The number of benzene rings is 2. The number of carbonyl (C=O) groups is 1. The third kappa shape index (κ3) is 3.39. The maximum atomic E-state index is 12.5. The molecule has 0 fully saturated rings. The molecule has 0 radical (unpaired) electrons. The summed E-state index contributed by atoms with van der Waals surface area (Å²) >= 11 is 7.33. The molecule has 27 heavy (non-hydrogen) atoms. The Morgan fingerprint density at radius 1 is 1.22 bits per heavy atom. The van der Waals surface area contributed by atoms with Crippen molar-refractivity contribution < 1.29 is 9.90 Å². The second-order valence-electron chi connectivity index (χ2n) is 6.23. The summed E-state index contributed by atoms with van der Waals surface area (Å²) in [6, 6.07) is 10.6. The highest BCUT2D eigenvalue weighted by atomic mass is 35.5. The van der Waals surface area contributed by atoms with Crippen molar-refractivity contribution in [1.82, 2.24) is 15.2 Å². The zero-order chi connectivity index (χ0) is 19.1. The zero-order valence-electron chi connectivity index (χ0n) is 14.5. The maximum absolute atomic E-state index is 12.5. The van der Waals surface area contributed by atoms with E-state index in [1.54, 1.807) is 24.3 Å². The molecule has 2 heterocycles. The summed E-state index contributed by atoms with van der Waals surface area (Å²) in [5.41, 5.74) is 4.00.